The maximum Gasteiger partial charge on any atom is 0.0702 e. The van der Waals surface area contributed by atoms with E-state index in [9.17, 15) is 0 Å². The molecule has 1 aliphatic rings. The molecule has 0 aliphatic carbocycles. The Bertz CT molecular complexity index is 615. The minimum absolute atomic E-state index is 0.0926. The molecule has 1 aliphatic heterocycles. The van der Waals surface area contributed by atoms with E-state index >= 15 is 0 Å². The number of benzene rings is 1. The number of nitrogens with zero attached hydrogens (tertiary/aromatic N) is 2. The van der Waals surface area contributed by atoms with Crippen molar-refractivity contribution in [1.82, 2.24) is 15.2 Å². The number of likely N-dealkylation sites (N-methyl/N-ethyl adjacent to an activating group) is 1. The summed E-state index contributed by atoms with van der Waals surface area (Å²) in [5.74, 6) is 0. The van der Waals surface area contributed by atoms with Crippen LogP contribution in [0.3, 0.4) is 0 Å². The number of likely N-dealkylation sites (tertiary alicyclic amines) is 1. The summed E-state index contributed by atoms with van der Waals surface area (Å²) in [6.07, 6.45) is 4.66. The summed E-state index contributed by atoms with van der Waals surface area (Å²) in [7, 11) is 2.05. The topological polar surface area (TPSA) is 28.2 Å². The summed E-state index contributed by atoms with van der Waals surface area (Å²) < 4.78 is 0. The van der Waals surface area contributed by atoms with Gasteiger partial charge in [-0.1, -0.05) is 18.2 Å². The molecule has 0 bridgehead atoms. The van der Waals surface area contributed by atoms with Crippen molar-refractivity contribution in [2.75, 3.05) is 20.1 Å². The minimum Gasteiger partial charge on any atom is -0.311 e. The van der Waals surface area contributed by atoms with Crippen LogP contribution in [0.5, 0.6) is 0 Å². The zero-order valence-corrected chi connectivity index (χ0v) is 13.3. The van der Waals surface area contributed by atoms with Crippen molar-refractivity contribution in [2.45, 2.75) is 38.3 Å². The second-order valence-corrected chi connectivity index (χ2v) is 6.53. The van der Waals surface area contributed by atoms with Crippen LogP contribution in [-0.2, 0) is 0 Å². The molecule has 21 heavy (non-hydrogen) atoms. The summed E-state index contributed by atoms with van der Waals surface area (Å²) in [4.78, 5) is 7.23. The first-order chi connectivity index (χ1) is 10.1. The highest BCUT2D eigenvalue weighted by atomic mass is 15.2. The van der Waals surface area contributed by atoms with Gasteiger partial charge in [0.1, 0.15) is 0 Å². The largest absolute Gasteiger partial charge is 0.311 e. The van der Waals surface area contributed by atoms with Gasteiger partial charge in [0.25, 0.3) is 0 Å². The zero-order valence-electron chi connectivity index (χ0n) is 13.3. The van der Waals surface area contributed by atoms with Crippen LogP contribution in [0.1, 0.15) is 38.3 Å². The van der Waals surface area contributed by atoms with Gasteiger partial charge in [-0.15, -0.1) is 0 Å². The summed E-state index contributed by atoms with van der Waals surface area (Å²) in [5.41, 5.74) is 2.43. The average molecular weight is 283 g/mol. The summed E-state index contributed by atoms with van der Waals surface area (Å²) in [6, 6.07) is 10.9. The van der Waals surface area contributed by atoms with Crippen LogP contribution in [0, 0.1) is 0 Å². The number of aromatic nitrogens is 1. The smallest absolute Gasteiger partial charge is 0.0702 e. The first-order valence-corrected chi connectivity index (χ1v) is 7.90. The first kappa shape index (κ1) is 14.5. The molecular formula is C18H25N3. The molecule has 1 fully saturated rings. The lowest BCUT2D eigenvalue weighted by molar-refractivity contribution is 0.110. The molecule has 0 spiro atoms. The van der Waals surface area contributed by atoms with Gasteiger partial charge in [-0.2, -0.15) is 0 Å². The molecule has 1 saturated heterocycles. The molecule has 3 nitrogen and oxygen atoms in total. The van der Waals surface area contributed by atoms with E-state index in [0.717, 1.165) is 5.52 Å². The van der Waals surface area contributed by atoms with Crippen molar-refractivity contribution in [3.8, 4) is 0 Å². The Morgan fingerprint density at radius 1 is 1.19 bits per heavy atom. The van der Waals surface area contributed by atoms with Crippen LogP contribution in [0.4, 0.5) is 0 Å². The van der Waals surface area contributed by atoms with Crippen molar-refractivity contribution >= 4 is 10.9 Å². The van der Waals surface area contributed by atoms with Crippen LogP contribution in [0.2, 0.25) is 0 Å². The second kappa shape index (κ2) is 5.74. The fourth-order valence-corrected chi connectivity index (χ4v) is 3.65. The molecule has 2 heterocycles. The molecule has 1 aromatic heterocycles. The molecule has 1 unspecified atom stereocenters. The predicted molar refractivity (Wildman–Crippen MR) is 88.4 cm³/mol. The van der Waals surface area contributed by atoms with Gasteiger partial charge in [0, 0.05) is 17.1 Å². The Morgan fingerprint density at radius 3 is 2.62 bits per heavy atom. The van der Waals surface area contributed by atoms with Gasteiger partial charge in [-0.05, 0) is 64.5 Å². The number of fused-ring (bicyclic) bond motifs is 1. The Labute approximate surface area is 127 Å². The van der Waals surface area contributed by atoms with E-state index in [1.807, 2.05) is 12.3 Å². The quantitative estimate of drug-likeness (QED) is 0.932. The molecule has 1 atom stereocenters. The molecule has 112 valence electrons. The van der Waals surface area contributed by atoms with Gasteiger partial charge >= 0.3 is 0 Å². The predicted octanol–water partition coefficient (Wildman–Crippen LogP) is 3.37. The fourth-order valence-electron chi connectivity index (χ4n) is 3.65. The lowest BCUT2D eigenvalue weighted by Crippen LogP contribution is -2.50. The van der Waals surface area contributed by atoms with Crippen molar-refractivity contribution in [2.24, 2.45) is 0 Å². The number of para-hydroxylation sites is 1. The fraction of sp³-hybridized carbons (Fsp3) is 0.500. The number of hydrogen-bond donors (Lipinski definition) is 1. The highest BCUT2D eigenvalue weighted by Gasteiger charge is 2.37. The molecule has 3 heteroatoms. The number of rotatable bonds is 4. The maximum atomic E-state index is 4.63. The van der Waals surface area contributed by atoms with Crippen molar-refractivity contribution in [3.05, 3.63) is 42.1 Å². The molecular weight excluding hydrogens is 258 g/mol. The zero-order chi connectivity index (χ0) is 14.9. The third-order valence-corrected chi connectivity index (χ3v) is 4.86. The lowest BCUT2D eigenvalue weighted by Gasteiger charge is -2.42. The van der Waals surface area contributed by atoms with Crippen molar-refractivity contribution in [3.63, 3.8) is 0 Å². The van der Waals surface area contributed by atoms with Gasteiger partial charge in [-0.3, -0.25) is 9.88 Å². The first-order valence-electron chi connectivity index (χ1n) is 7.90. The van der Waals surface area contributed by atoms with E-state index in [0.29, 0.717) is 0 Å². The molecule has 0 saturated carbocycles. The van der Waals surface area contributed by atoms with E-state index in [1.54, 1.807) is 0 Å². The molecule has 0 amide bonds. The number of hydrogen-bond acceptors (Lipinski definition) is 3. The van der Waals surface area contributed by atoms with E-state index in [2.05, 4.69) is 60.4 Å². The van der Waals surface area contributed by atoms with E-state index in [-0.39, 0.29) is 11.6 Å². The van der Waals surface area contributed by atoms with Crippen molar-refractivity contribution in [1.29, 1.82) is 0 Å². The van der Waals surface area contributed by atoms with Gasteiger partial charge in [0.2, 0.25) is 0 Å². The summed E-state index contributed by atoms with van der Waals surface area (Å²) in [6.45, 7) is 7.09. The standard InChI is InChI=1S/C18H25N3/c1-18(2,21-10-6-7-11-21)17(19-3)15-12-14-8-4-5-9-16(14)20-13-15/h4-5,8-9,12-13,17,19H,6-7,10-11H2,1-3H3. The molecule has 3 rings (SSSR count). The Kier molecular flexibility index (Phi) is 3.96. The molecule has 1 aromatic carbocycles. The minimum atomic E-state index is 0.0926. The van der Waals surface area contributed by atoms with Crippen LogP contribution >= 0.6 is 0 Å². The van der Waals surface area contributed by atoms with Crippen molar-refractivity contribution < 1.29 is 0 Å². The Morgan fingerprint density at radius 2 is 1.90 bits per heavy atom. The highest BCUT2D eigenvalue weighted by molar-refractivity contribution is 5.78. The highest BCUT2D eigenvalue weighted by Crippen LogP contribution is 2.33. The maximum absolute atomic E-state index is 4.63. The van der Waals surface area contributed by atoms with Crippen LogP contribution in [0.15, 0.2) is 36.5 Å². The van der Waals surface area contributed by atoms with Crippen LogP contribution in [0.25, 0.3) is 10.9 Å². The van der Waals surface area contributed by atoms with E-state index in [1.165, 1.54) is 36.9 Å². The Balaban J connectivity index is 1.96. The van der Waals surface area contributed by atoms with Crippen LogP contribution < -0.4 is 5.32 Å². The third-order valence-electron chi connectivity index (χ3n) is 4.86. The molecule has 2 aromatic rings. The molecule has 0 radical (unpaired) electrons. The normalized spacial score (nSPS) is 18.2. The Hall–Kier alpha value is -1.45. The van der Waals surface area contributed by atoms with Gasteiger partial charge in [-0.25, -0.2) is 0 Å². The molecule has 1 N–H and O–H groups in total. The number of nitrogens with one attached hydrogen (secondary N) is 1. The van der Waals surface area contributed by atoms with E-state index < -0.39 is 0 Å². The average Bonchev–Trinajstić information content (AvgIpc) is 3.02. The number of pyridine rings is 1. The monoisotopic (exact) mass is 283 g/mol. The lowest BCUT2D eigenvalue weighted by atomic mass is 9.87. The second-order valence-electron chi connectivity index (χ2n) is 6.53. The third kappa shape index (κ3) is 2.68. The SMILES string of the molecule is CNC(c1cnc2ccccc2c1)C(C)(C)N1CCCC1. The summed E-state index contributed by atoms with van der Waals surface area (Å²) in [5, 5.41) is 4.73. The van der Waals surface area contributed by atoms with Gasteiger partial charge in [0.15, 0.2) is 0 Å². The van der Waals surface area contributed by atoms with Crippen LogP contribution in [-0.4, -0.2) is 35.6 Å². The summed E-state index contributed by atoms with van der Waals surface area (Å²) >= 11 is 0. The van der Waals surface area contributed by atoms with Gasteiger partial charge < -0.3 is 5.32 Å². The van der Waals surface area contributed by atoms with E-state index in [4.69, 9.17) is 0 Å². The van der Waals surface area contributed by atoms with Gasteiger partial charge in [0.05, 0.1) is 11.6 Å².